The smallest absolute Gasteiger partial charge is 0.251 e. The highest BCUT2D eigenvalue weighted by atomic mass is 127. The van der Waals surface area contributed by atoms with Crippen molar-refractivity contribution in [2.75, 3.05) is 7.11 Å². The van der Waals surface area contributed by atoms with Crippen LogP contribution in [0.3, 0.4) is 0 Å². The van der Waals surface area contributed by atoms with E-state index in [9.17, 15) is 4.79 Å². The quantitative estimate of drug-likeness (QED) is 0.750. The van der Waals surface area contributed by atoms with Gasteiger partial charge in [0.1, 0.15) is 5.75 Å². The van der Waals surface area contributed by atoms with Crippen molar-refractivity contribution in [2.24, 2.45) is 0 Å². The van der Waals surface area contributed by atoms with Crippen molar-refractivity contribution in [3.8, 4) is 5.75 Å². The van der Waals surface area contributed by atoms with Crippen LogP contribution in [0.4, 0.5) is 0 Å². The van der Waals surface area contributed by atoms with Gasteiger partial charge in [-0.15, -0.1) is 0 Å². The third-order valence-electron chi connectivity index (χ3n) is 3.12. The average molecular weight is 416 g/mol. The van der Waals surface area contributed by atoms with Gasteiger partial charge in [-0.05, 0) is 65.4 Å². The van der Waals surface area contributed by atoms with Gasteiger partial charge in [0.05, 0.1) is 18.2 Å². The van der Waals surface area contributed by atoms with Crippen molar-refractivity contribution < 1.29 is 9.53 Å². The van der Waals surface area contributed by atoms with Crippen LogP contribution in [0.15, 0.2) is 42.5 Å². The summed E-state index contributed by atoms with van der Waals surface area (Å²) in [5, 5.41) is 3.54. The topological polar surface area (TPSA) is 38.3 Å². The molecule has 1 N–H and O–H groups in total. The van der Waals surface area contributed by atoms with E-state index in [0.29, 0.717) is 10.6 Å². The normalized spacial score (nSPS) is 11.8. The molecule has 0 spiro atoms. The van der Waals surface area contributed by atoms with E-state index in [1.807, 2.05) is 37.3 Å². The number of ether oxygens (including phenoxy) is 1. The van der Waals surface area contributed by atoms with E-state index in [4.69, 9.17) is 16.3 Å². The van der Waals surface area contributed by atoms with E-state index in [1.54, 1.807) is 19.2 Å². The zero-order valence-corrected chi connectivity index (χ0v) is 14.6. The number of rotatable bonds is 4. The summed E-state index contributed by atoms with van der Waals surface area (Å²) in [6.07, 6.45) is 0. The van der Waals surface area contributed by atoms with Crippen LogP contribution in [-0.2, 0) is 0 Å². The van der Waals surface area contributed by atoms with Crippen LogP contribution in [0.2, 0.25) is 5.02 Å². The Hall–Kier alpha value is -1.27. The molecule has 3 nitrogen and oxygen atoms in total. The van der Waals surface area contributed by atoms with Crippen molar-refractivity contribution in [1.29, 1.82) is 0 Å². The minimum atomic E-state index is -0.149. The lowest BCUT2D eigenvalue weighted by molar-refractivity contribution is 0.0940. The fourth-order valence-electron chi connectivity index (χ4n) is 1.91. The number of benzene rings is 2. The summed E-state index contributed by atoms with van der Waals surface area (Å²) in [5.74, 6) is 0.620. The summed E-state index contributed by atoms with van der Waals surface area (Å²) in [5.41, 5.74) is 1.54. The molecule has 0 heterocycles. The van der Waals surface area contributed by atoms with E-state index < -0.39 is 0 Å². The third-order valence-corrected chi connectivity index (χ3v) is 4.70. The SMILES string of the molecule is COc1cccc(C(C)NC(=O)c2ccc(I)c(Cl)c2)c1. The van der Waals surface area contributed by atoms with Crippen LogP contribution in [0, 0.1) is 3.57 Å². The number of halogens is 2. The molecule has 21 heavy (non-hydrogen) atoms. The molecule has 0 aliphatic heterocycles. The molecule has 1 unspecified atom stereocenters. The molecule has 5 heteroatoms. The van der Waals surface area contributed by atoms with Crippen LogP contribution >= 0.6 is 34.2 Å². The van der Waals surface area contributed by atoms with E-state index in [2.05, 4.69) is 27.9 Å². The number of nitrogens with one attached hydrogen (secondary N) is 1. The Labute approximate surface area is 142 Å². The lowest BCUT2D eigenvalue weighted by atomic mass is 10.1. The Bertz CT molecular complexity index is 660. The minimum absolute atomic E-state index is 0.120. The summed E-state index contributed by atoms with van der Waals surface area (Å²) in [6, 6.07) is 12.8. The van der Waals surface area contributed by atoms with Crippen molar-refractivity contribution in [1.82, 2.24) is 5.32 Å². The Morgan fingerprint density at radius 2 is 2.05 bits per heavy atom. The van der Waals surface area contributed by atoms with E-state index >= 15 is 0 Å². The van der Waals surface area contributed by atoms with Gasteiger partial charge in [0.25, 0.3) is 5.91 Å². The van der Waals surface area contributed by atoms with Crippen LogP contribution in [0.1, 0.15) is 28.9 Å². The highest BCUT2D eigenvalue weighted by Crippen LogP contribution is 2.21. The highest BCUT2D eigenvalue weighted by molar-refractivity contribution is 14.1. The first kappa shape index (κ1) is 16.1. The van der Waals surface area contributed by atoms with Crippen LogP contribution in [-0.4, -0.2) is 13.0 Å². The van der Waals surface area contributed by atoms with Crippen molar-refractivity contribution in [3.63, 3.8) is 0 Å². The summed E-state index contributed by atoms with van der Waals surface area (Å²) in [4.78, 5) is 12.2. The molecule has 0 aromatic heterocycles. The molecule has 0 radical (unpaired) electrons. The predicted molar refractivity (Wildman–Crippen MR) is 93.0 cm³/mol. The number of hydrogen-bond donors (Lipinski definition) is 1. The maximum absolute atomic E-state index is 12.2. The Balaban J connectivity index is 2.12. The van der Waals surface area contributed by atoms with Crippen molar-refractivity contribution in [2.45, 2.75) is 13.0 Å². The molecule has 0 bridgehead atoms. The van der Waals surface area contributed by atoms with Crippen LogP contribution in [0.5, 0.6) is 5.75 Å². The molecule has 2 rings (SSSR count). The van der Waals surface area contributed by atoms with Gasteiger partial charge in [0.15, 0.2) is 0 Å². The number of hydrogen-bond acceptors (Lipinski definition) is 2. The average Bonchev–Trinajstić information content (AvgIpc) is 2.49. The van der Waals surface area contributed by atoms with Gasteiger partial charge in [-0.3, -0.25) is 4.79 Å². The van der Waals surface area contributed by atoms with Crippen molar-refractivity contribution in [3.05, 3.63) is 62.2 Å². The predicted octanol–water partition coefficient (Wildman–Crippen LogP) is 4.44. The highest BCUT2D eigenvalue weighted by Gasteiger charge is 2.13. The molecule has 0 saturated carbocycles. The number of amides is 1. The zero-order valence-electron chi connectivity index (χ0n) is 11.7. The second kappa shape index (κ2) is 7.13. The summed E-state index contributed by atoms with van der Waals surface area (Å²) < 4.78 is 6.12. The van der Waals surface area contributed by atoms with E-state index in [-0.39, 0.29) is 11.9 Å². The fraction of sp³-hybridized carbons (Fsp3) is 0.188. The molecule has 0 fully saturated rings. The molecule has 110 valence electrons. The summed E-state index contributed by atoms with van der Waals surface area (Å²) in [7, 11) is 1.62. The van der Waals surface area contributed by atoms with Gasteiger partial charge in [0, 0.05) is 9.13 Å². The molecule has 1 amide bonds. The number of carbonyl (C=O) groups is 1. The van der Waals surface area contributed by atoms with Gasteiger partial charge in [-0.1, -0.05) is 23.7 Å². The van der Waals surface area contributed by atoms with Gasteiger partial charge in [0.2, 0.25) is 0 Å². The summed E-state index contributed by atoms with van der Waals surface area (Å²) in [6.45, 7) is 1.93. The molecular weight excluding hydrogens is 401 g/mol. The Morgan fingerprint density at radius 3 is 2.71 bits per heavy atom. The Kier molecular flexibility index (Phi) is 5.47. The molecule has 1 atom stereocenters. The monoisotopic (exact) mass is 415 g/mol. The van der Waals surface area contributed by atoms with Gasteiger partial charge >= 0.3 is 0 Å². The third kappa shape index (κ3) is 4.11. The maximum Gasteiger partial charge on any atom is 0.251 e. The molecular formula is C16H15ClINO2. The lowest BCUT2D eigenvalue weighted by Crippen LogP contribution is -2.26. The molecule has 2 aromatic carbocycles. The lowest BCUT2D eigenvalue weighted by Gasteiger charge is -2.15. The van der Waals surface area contributed by atoms with Crippen LogP contribution < -0.4 is 10.1 Å². The van der Waals surface area contributed by atoms with Gasteiger partial charge in [-0.2, -0.15) is 0 Å². The van der Waals surface area contributed by atoms with E-state index in [1.165, 1.54) is 0 Å². The van der Waals surface area contributed by atoms with Crippen LogP contribution in [0.25, 0.3) is 0 Å². The second-order valence-corrected chi connectivity index (χ2v) is 6.17. The second-order valence-electron chi connectivity index (χ2n) is 4.60. The first-order valence-electron chi connectivity index (χ1n) is 6.41. The Morgan fingerprint density at radius 1 is 1.29 bits per heavy atom. The zero-order chi connectivity index (χ0) is 15.4. The first-order chi connectivity index (χ1) is 10.0. The van der Waals surface area contributed by atoms with Gasteiger partial charge in [-0.25, -0.2) is 0 Å². The van der Waals surface area contributed by atoms with E-state index in [0.717, 1.165) is 14.9 Å². The fourth-order valence-corrected chi connectivity index (χ4v) is 2.43. The maximum atomic E-state index is 12.2. The minimum Gasteiger partial charge on any atom is -0.497 e. The van der Waals surface area contributed by atoms with Gasteiger partial charge < -0.3 is 10.1 Å². The standard InChI is InChI=1S/C16H15ClINO2/c1-10(11-4-3-5-13(8-11)21-2)19-16(20)12-6-7-15(18)14(17)9-12/h3-10H,1-2H3,(H,19,20). The van der Waals surface area contributed by atoms with Crippen molar-refractivity contribution >= 4 is 40.1 Å². The number of methoxy groups -OCH3 is 1. The number of carbonyl (C=O) groups excluding carboxylic acids is 1. The molecule has 0 saturated heterocycles. The molecule has 2 aromatic rings. The largest absolute Gasteiger partial charge is 0.497 e. The first-order valence-corrected chi connectivity index (χ1v) is 7.87. The summed E-state index contributed by atoms with van der Waals surface area (Å²) >= 11 is 8.18. The molecule has 0 aliphatic rings. The molecule has 0 aliphatic carbocycles.